The summed E-state index contributed by atoms with van der Waals surface area (Å²) in [5.74, 6) is 0.145. The normalized spacial score (nSPS) is 15.8. The standard InChI is InChI=1S/C21H20F3N5O2/c1-3-29(9-13-7-27-17(8-26-13)21(22,23)24)20(30)12-4-5-16-14(6-12)15-10-31-11(2)18(15)19(25)28-16/h4-8,11H,3,9-10H2,1-2H3,(H2,25,28)/t11-/m1/s1. The van der Waals surface area contributed by atoms with E-state index in [2.05, 4.69) is 15.0 Å². The molecule has 4 rings (SSSR count). The molecular formula is C21H20F3N5O2. The van der Waals surface area contributed by atoms with E-state index in [-0.39, 0.29) is 24.2 Å². The summed E-state index contributed by atoms with van der Waals surface area (Å²) in [4.78, 5) is 26.2. The van der Waals surface area contributed by atoms with E-state index < -0.39 is 11.9 Å². The molecule has 3 aromatic rings. The number of carbonyl (C=O) groups excluding carboxylic acids is 1. The van der Waals surface area contributed by atoms with Crippen LogP contribution in [0.1, 0.15) is 52.8 Å². The van der Waals surface area contributed by atoms with Crippen molar-refractivity contribution < 1.29 is 22.7 Å². The van der Waals surface area contributed by atoms with E-state index in [0.717, 1.165) is 22.7 Å². The molecule has 0 aliphatic carbocycles. The smallest absolute Gasteiger partial charge is 0.383 e. The molecule has 0 saturated carbocycles. The fourth-order valence-electron chi connectivity index (χ4n) is 3.69. The SMILES string of the molecule is CCN(Cc1cnc(C(F)(F)F)cn1)C(=O)c1ccc2nc(N)c3c(c2c1)CO[C@@H]3C. The number of alkyl halides is 3. The van der Waals surface area contributed by atoms with Gasteiger partial charge in [-0.1, -0.05) is 0 Å². The van der Waals surface area contributed by atoms with Gasteiger partial charge in [0, 0.05) is 23.1 Å². The Kier molecular flexibility index (Phi) is 5.26. The number of halogens is 3. The van der Waals surface area contributed by atoms with Gasteiger partial charge in [-0.15, -0.1) is 0 Å². The first-order chi connectivity index (χ1) is 14.7. The maximum absolute atomic E-state index is 13.1. The summed E-state index contributed by atoms with van der Waals surface area (Å²) in [5, 5.41) is 0.796. The van der Waals surface area contributed by atoms with Crippen molar-refractivity contribution in [3.63, 3.8) is 0 Å². The van der Waals surface area contributed by atoms with E-state index in [9.17, 15) is 18.0 Å². The first kappa shape index (κ1) is 21.0. The maximum atomic E-state index is 13.1. The van der Waals surface area contributed by atoms with Crippen molar-refractivity contribution in [3.8, 4) is 0 Å². The van der Waals surface area contributed by atoms with Crippen LogP contribution < -0.4 is 5.73 Å². The lowest BCUT2D eigenvalue weighted by Gasteiger charge is -2.21. The summed E-state index contributed by atoms with van der Waals surface area (Å²) in [6.45, 7) is 4.45. The zero-order valence-corrected chi connectivity index (χ0v) is 16.9. The number of fused-ring (bicyclic) bond motifs is 3. The van der Waals surface area contributed by atoms with Crippen LogP contribution in [0.25, 0.3) is 10.9 Å². The van der Waals surface area contributed by atoms with Crippen LogP contribution in [0.2, 0.25) is 0 Å². The molecule has 1 aliphatic rings. The minimum atomic E-state index is -4.56. The van der Waals surface area contributed by atoms with Gasteiger partial charge in [0.2, 0.25) is 0 Å². The van der Waals surface area contributed by atoms with Crippen molar-refractivity contribution in [2.24, 2.45) is 0 Å². The largest absolute Gasteiger partial charge is 0.434 e. The van der Waals surface area contributed by atoms with Crippen LogP contribution in [-0.2, 0) is 24.1 Å². The average molecular weight is 431 g/mol. The van der Waals surface area contributed by atoms with Gasteiger partial charge in [0.15, 0.2) is 5.69 Å². The third-order valence-electron chi connectivity index (χ3n) is 5.31. The molecule has 31 heavy (non-hydrogen) atoms. The molecule has 3 heterocycles. The minimum Gasteiger partial charge on any atom is -0.383 e. The Morgan fingerprint density at radius 2 is 2.06 bits per heavy atom. The molecule has 0 radical (unpaired) electrons. The van der Waals surface area contributed by atoms with Gasteiger partial charge in [-0.25, -0.2) is 9.97 Å². The van der Waals surface area contributed by atoms with Crippen LogP contribution in [0.4, 0.5) is 19.0 Å². The molecule has 0 spiro atoms. The topological polar surface area (TPSA) is 94.2 Å². The summed E-state index contributed by atoms with van der Waals surface area (Å²) < 4.78 is 43.7. The van der Waals surface area contributed by atoms with Gasteiger partial charge in [-0.3, -0.25) is 9.78 Å². The molecule has 1 amide bonds. The number of rotatable bonds is 4. The molecule has 7 nitrogen and oxygen atoms in total. The first-order valence-corrected chi connectivity index (χ1v) is 9.70. The number of anilines is 1. The number of hydrogen-bond acceptors (Lipinski definition) is 6. The van der Waals surface area contributed by atoms with E-state index in [1.54, 1.807) is 25.1 Å². The molecule has 0 fully saturated rings. The molecule has 162 valence electrons. The lowest BCUT2D eigenvalue weighted by atomic mass is 10.00. The van der Waals surface area contributed by atoms with Gasteiger partial charge in [0.05, 0.1) is 42.9 Å². The molecule has 2 aromatic heterocycles. The molecule has 10 heteroatoms. The number of pyridine rings is 1. The Morgan fingerprint density at radius 3 is 2.71 bits per heavy atom. The number of nitrogens with two attached hydrogens (primary N) is 1. The van der Waals surface area contributed by atoms with Crippen LogP contribution in [0.5, 0.6) is 0 Å². The Balaban J connectivity index is 1.62. The Hall–Kier alpha value is -3.27. The number of nitrogen functional groups attached to an aromatic ring is 1. The first-order valence-electron chi connectivity index (χ1n) is 9.70. The van der Waals surface area contributed by atoms with E-state index in [1.807, 2.05) is 6.92 Å². The third-order valence-corrected chi connectivity index (χ3v) is 5.31. The minimum absolute atomic E-state index is 0.0384. The average Bonchev–Trinajstić information content (AvgIpc) is 3.13. The fourth-order valence-corrected chi connectivity index (χ4v) is 3.69. The van der Waals surface area contributed by atoms with Gasteiger partial charge in [0.1, 0.15) is 5.82 Å². The predicted octanol–water partition coefficient (Wildman–Crippen LogP) is 3.88. The van der Waals surface area contributed by atoms with Gasteiger partial charge >= 0.3 is 6.18 Å². The highest BCUT2D eigenvalue weighted by molar-refractivity contribution is 5.99. The van der Waals surface area contributed by atoms with Gasteiger partial charge < -0.3 is 15.4 Å². The fraction of sp³-hybridized carbons (Fsp3) is 0.333. The van der Waals surface area contributed by atoms with E-state index in [0.29, 0.717) is 36.2 Å². The quantitative estimate of drug-likeness (QED) is 0.674. The molecular weight excluding hydrogens is 411 g/mol. The van der Waals surface area contributed by atoms with Crippen LogP contribution in [0, 0.1) is 0 Å². The Morgan fingerprint density at radius 1 is 1.29 bits per heavy atom. The second-order valence-electron chi connectivity index (χ2n) is 7.28. The number of carbonyl (C=O) groups is 1. The lowest BCUT2D eigenvalue weighted by Crippen LogP contribution is -2.30. The maximum Gasteiger partial charge on any atom is 0.434 e. The number of hydrogen-bond donors (Lipinski definition) is 1. The van der Waals surface area contributed by atoms with Gasteiger partial charge in [-0.05, 0) is 37.6 Å². The summed E-state index contributed by atoms with van der Waals surface area (Å²) in [7, 11) is 0. The van der Waals surface area contributed by atoms with Gasteiger partial charge in [0.25, 0.3) is 5.91 Å². The molecule has 1 aliphatic heterocycles. The molecule has 0 saturated heterocycles. The van der Waals surface area contributed by atoms with Crippen molar-refractivity contribution >= 4 is 22.6 Å². The third kappa shape index (κ3) is 3.90. The number of nitrogens with zero attached hydrogens (tertiary/aromatic N) is 4. The number of ether oxygens (including phenoxy) is 1. The van der Waals surface area contributed by atoms with Gasteiger partial charge in [-0.2, -0.15) is 13.2 Å². The Labute approximate surface area is 176 Å². The molecule has 0 unspecified atom stereocenters. The number of benzene rings is 1. The molecule has 1 aromatic carbocycles. The highest BCUT2D eigenvalue weighted by Gasteiger charge is 2.33. The zero-order valence-electron chi connectivity index (χ0n) is 16.9. The predicted molar refractivity (Wildman–Crippen MR) is 107 cm³/mol. The molecule has 0 bridgehead atoms. The van der Waals surface area contributed by atoms with Crippen molar-refractivity contribution in [2.75, 3.05) is 12.3 Å². The van der Waals surface area contributed by atoms with Crippen molar-refractivity contribution in [1.29, 1.82) is 0 Å². The summed E-state index contributed by atoms with van der Waals surface area (Å²) in [6.07, 6.45) is -3.02. The zero-order chi connectivity index (χ0) is 22.3. The van der Waals surface area contributed by atoms with Crippen LogP contribution >= 0.6 is 0 Å². The van der Waals surface area contributed by atoms with Crippen LogP contribution in [0.3, 0.4) is 0 Å². The molecule has 1 atom stereocenters. The number of amides is 1. The van der Waals surface area contributed by atoms with Crippen LogP contribution in [0.15, 0.2) is 30.6 Å². The van der Waals surface area contributed by atoms with E-state index in [1.165, 1.54) is 4.90 Å². The second kappa shape index (κ2) is 7.77. The van der Waals surface area contributed by atoms with Crippen LogP contribution in [-0.4, -0.2) is 32.3 Å². The summed E-state index contributed by atoms with van der Waals surface area (Å²) in [6, 6.07) is 5.14. The lowest BCUT2D eigenvalue weighted by molar-refractivity contribution is -0.141. The van der Waals surface area contributed by atoms with Crippen molar-refractivity contribution in [1.82, 2.24) is 19.9 Å². The monoisotopic (exact) mass is 431 g/mol. The molecule has 2 N–H and O–H groups in total. The van der Waals surface area contributed by atoms with E-state index in [4.69, 9.17) is 10.5 Å². The summed E-state index contributed by atoms with van der Waals surface area (Å²) in [5.41, 5.74) is 8.12. The second-order valence-corrected chi connectivity index (χ2v) is 7.28. The Bertz CT molecular complexity index is 1150. The number of aromatic nitrogens is 3. The summed E-state index contributed by atoms with van der Waals surface area (Å²) >= 11 is 0. The highest BCUT2D eigenvalue weighted by Crippen LogP contribution is 2.38. The van der Waals surface area contributed by atoms with E-state index >= 15 is 0 Å². The highest BCUT2D eigenvalue weighted by atomic mass is 19.4. The van der Waals surface area contributed by atoms with Crippen molar-refractivity contribution in [3.05, 3.63) is 58.7 Å². The van der Waals surface area contributed by atoms with Crippen molar-refractivity contribution in [2.45, 2.75) is 39.3 Å².